The molecule has 0 bridgehead atoms. The van der Waals surface area contributed by atoms with Gasteiger partial charge in [0.25, 0.3) is 0 Å². The molecule has 1 aromatic heterocycles. The highest BCUT2D eigenvalue weighted by Gasteiger charge is 2.31. The first-order chi connectivity index (χ1) is 14.3. The average molecular weight is 443 g/mol. The predicted octanol–water partition coefficient (Wildman–Crippen LogP) is 2.77. The van der Waals surface area contributed by atoms with Gasteiger partial charge < -0.3 is 20.1 Å². The van der Waals surface area contributed by atoms with E-state index in [9.17, 15) is 22.8 Å². The number of amides is 2. The molecular weight excluding hydrogens is 423 g/mol. The van der Waals surface area contributed by atoms with Gasteiger partial charge in [-0.2, -0.15) is 11.3 Å². The molecule has 1 aliphatic rings. The van der Waals surface area contributed by atoms with Gasteiger partial charge in [-0.05, 0) is 46.7 Å². The van der Waals surface area contributed by atoms with Gasteiger partial charge in [0.05, 0.1) is 19.3 Å². The molecule has 11 heteroatoms. The third-order valence-corrected chi connectivity index (χ3v) is 5.12. The summed E-state index contributed by atoms with van der Waals surface area (Å²) >= 11 is 1.55. The molecule has 2 amide bonds. The van der Waals surface area contributed by atoms with Gasteiger partial charge in [0, 0.05) is 25.3 Å². The second-order valence-corrected chi connectivity index (χ2v) is 7.24. The molecule has 0 saturated carbocycles. The van der Waals surface area contributed by atoms with E-state index in [0.29, 0.717) is 13.2 Å². The lowest BCUT2D eigenvalue weighted by Crippen LogP contribution is -2.45. The van der Waals surface area contributed by atoms with E-state index < -0.39 is 23.9 Å². The monoisotopic (exact) mass is 443 g/mol. The molecule has 0 aliphatic carbocycles. The van der Waals surface area contributed by atoms with E-state index in [4.69, 9.17) is 4.74 Å². The van der Waals surface area contributed by atoms with E-state index in [0.717, 1.165) is 30.8 Å². The van der Waals surface area contributed by atoms with Gasteiger partial charge in [0.15, 0.2) is 0 Å². The summed E-state index contributed by atoms with van der Waals surface area (Å²) in [5.41, 5.74) is 1.22. The number of anilines is 1. The van der Waals surface area contributed by atoms with E-state index >= 15 is 0 Å². The van der Waals surface area contributed by atoms with Crippen molar-refractivity contribution in [1.82, 2.24) is 10.2 Å². The highest BCUT2D eigenvalue weighted by molar-refractivity contribution is 7.08. The number of benzene rings is 1. The Morgan fingerprint density at radius 2 is 1.83 bits per heavy atom. The fraction of sp³-hybridized carbons (Fsp3) is 0.368. The Hall–Kier alpha value is -2.63. The second-order valence-electron chi connectivity index (χ2n) is 6.46. The first-order valence-corrected chi connectivity index (χ1v) is 10.0. The van der Waals surface area contributed by atoms with Crippen LogP contribution in [0.1, 0.15) is 11.6 Å². The van der Waals surface area contributed by atoms with E-state index in [-0.39, 0.29) is 18.3 Å². The number of halogens is 3. The molecule has 0 unspecified atom stereocenters. The second kappa shape index (κ2) is 9.92. The van der Waals surface area contributed by atoms with Crippen LogP contribution in [0, 0.1) is 0 Å². The van der Waals surface area contributed by atoms with Gasteiger partial charge in [-0.3, -0.25) is 14.5 Å². The number of carbonyl (C=O) groups excluding carboxylic acids is 2. The number of rotatable bonds is 6. The molecule has 1 aliphatic heterocycles. The van der Waals surface area contributed by atoms with Crippen molar-refractivity contribution in [2.45, 2.75) is 12.4 Å². The van der Waals surface area contributed by atoms with Crippen molar-refractivity contribution < 1.29 is 32.2 Å². The molecule has 30 heavy (non-hydrogen) atoms. The molecule has 7 nitrogen and oxygen atoms in total. The highest BCUT2D eigenvalue weighted by Crippen LogP contribution is 2.25. The summed E-state index contributed by atoms with van der Waals surface area (Å²) in [4.78, 5) is 26.5. The zero-order chi connectivity index (χ0) is 21.6. The molecule has 2 heterocycles. The first-order valence-electron chi connectivity index (χ1n) is 9.11. The first kappa shape index (κ1) is 22.1. The Morgan fingerprint density at radius 1 is 1.13 bits per heavy atom. The Morgan fingerprint density at radius 3 is 2.43 bits per heavy atom. The normalized spacial score (nSPS) is 16.0. The minimum Gasteiger partial charge on any atom is -0.406 e. The summed E-state index contributed by atoms with van der Waals surface area (Å²) in [6.45, 7) is 2.87. The topological polar surface area (TPSA) is 79.9 Å². The minimum absolute atomic E-state index is 0.0873. The number of hydrogen-bond acceptors (Lipinski definition) is 6. The molecule has 3 rings (SSSR count). The number of morpholine rings is 1. The van der Waals surface area contributed by atoms with Crippen molar-refractivity contribution in [3.05, 3.63) is 46.7 Å². The van der Waals surface area contributed by atoms with Crippen LogP contribution in [0.3, 0.4) is 0 Å². The van der Waals surface area contributed by atoms with Crippen LogP contribution in [0.15, 0.2) is 41.1 Å². The van der Waals surface area contributed by atoms with Gasteiger partial charge in [-0.1, -0.05) is 0 Å². The Balaban J connectivity index is 1.54. The third-order valence-electron chi connectivity index (χ3n) is 4.42. The molecule has 1 saturated heterocycles. The van der Waals surface area contributed by atoms with Gasteiger partial charge in [-0.15, -0.1) is 13.2 Å². The summed E-state index contributed by atoms with van der Waals surface area (Å²) < 4.78 is 45.7. The van der Waals surface area contributed by atoms with Crippen molar-refractivity contribution in [1.29, 1.82) is 0 Å². The number of carbonyl (C=O) groups is 2. The van der Waals surface area contributed by atoms with Crippen molar-refractivity contribution >= 4 is 28.8 Å². The van der Waals surface area contributed by atoms with Crippen molar-refractivity contribution in [2.24, 2.45) is 0 Å². The maximum atomic E-state index is 12.2. The molecule has 2 aromatic rings. The molecule has 2 N–H and O–H groups in total. The Kier molecular flexibility index (Phi) is 7.29. The zero-order valence-corrected chi connectivity index (χ0v) is 16.6. The van der Waals surface area contributed by atoms with Crippen LogP contribution in [0.4, 0.5) is 18.9 Å². The average Bonchev–Trinajstić information content (AvgIpc) is 3.23. The molecule has 0 radical (unpaired) electrons. The van der Waals surface area contributed by atoms with E-state index in [1.165, 1.54) is 12.1 Å². The van der Waals surface area contributed by atoms with Crippen molar-refractivity contribution in [3.63, 3.8) is 0 Å². The van der Waals surface area contributed by atoms with Gasteiger partial charge in [0.2, 0.25) is 0 Å². The van der Waals surface area contributed by atoms with Gasteiger partial charge >= 0.3 is 18.2 Å². The number of alkyl halides is 3. The van der Waals surface area contributed by atoms with Gasteiger partial charge in [-0.25, -0.2) is 0 Å². The fourth-order valence-corrected chi connectivity index (χ4v) is 3.72. The molecule has 1 atom stereocenters. The van der Waals surface area contributed by atoms with Crippen LogP contribution in [-0.2, 0) is 14.3 Å². The zero-order valence-electron chi connectivity index (χ0n) is 15.8. The van der Waals surface area contributed by atoms with Gasteiger partial charge in [0.1, 0.15) is 5.75 Å². The van der Waals surface area contributed by atoms with Crippen molar-refractivity contribution in [2.75, 3.05) is 38.2 Å². The summed E-state index contributed by atoms with van der Waals surface area (Å²) in [6, 6.07) is 6.41. The summed E-state index contributed by atoms with van der Waals surface area (Å²) in [6.07, 6.45) is -4.80. The molecule has 1 fully saturated rings. The summed E-state index contributed by atoms with van der Waals surface area (Å²) in [5, 5.41) is 8.92. The maximum Gasteiger partial charge on any atom is 0.573 e. The van der Waals surface area contributed by atoms with Crippen LogP contribution in [0.5, 0.6) is 5.75 Å². The van der Waals surface area contributed by atoms with Crippen LogP contribution in [0.2, 0.25) is 0 Å². The Labute approximate surface area is 174 Å². The standard InChI is InChI=1S/C19H20F3N3O4S/c20-19(21,22)29-15-3-1-14(2-4-15)24-18(27)17(26)23-11-16(13-5-10-30-12-13)25-6-8-28-9-7-25/h1-5,10,12,16H,6-9,11H2,(H,23,26)(H,24,27)/t16-/m1/s1. The summed E-state index contributed by atoms with van der Waals surface area (Å²) in [7, 11) is 0. The summed E-state index contributed by atoms with van der Waals surface area (Å²) in [5.74, 6) is -2.17. The third kappa shape index (κ3) is 6.44. The van der Waals surface area contributed by atoms with Crippen LogP contribution in [-0.4, -0.2) is 55.9 Å². The lowest BCUT2D eigenvalue weighted by atomic mass is 10.1. The SMILES string of the molecule is O=C(NC[C@H](c1ccsc1)N1CCOCC1)C(=O)Nc1ccc(OC(F)(F)F)cc1. The van der Waals surface area contributed by atoms with E-state index in [1.807, 2.05) is 16.8 Å². The lowest BCUT2D eigenvalue weighted by Gasteiger charge is -2.34. The number of ether oxygens (including phenoxy) is 2. The van der Waals surface area contributed by atoms with E-state index in [2.05, 4.69) is 20.3 Å². The molecular formula is C19H20F3N3O4S. The van der Waals surface area contributed by atoms with E-state index in [1.54, 1.807) is 11.3 Å². The lowest BCUT2D eigenvalue weighted by molar-refractivity contribution is -0.274. The largest absolute Gasteiger partial charge is 0.573 e. The quantitative estimate of drug-likeness (QED) is 0.672. The number of hydrogen-bond donors (Lipinski definition) is 2. The number of thiophene rings is 1. The highest BCUT2D eigenvalue weighted by atomic mass is 32.1. The molecule has 0 spiro atoms. The maximum absolute atomic E-state index is 12.2. The van der Waals surface area contributed by atoms with Crippen molar-refractivity contribution in [3.8, 4) is 5.75 Å². The molecule has 162 valence electrons. The smallest absolute Gasteiger partial charge is 0.406 e. The number of nitrogens with one attached hydrogen (secondary N) is 2. The molecule has 1 aromatic carbocycles. The Bertz CT molecular complexity index is 838. The predicted molar refractivity (Wildman–Crippen MR) is 104 cm³/mol. The van der Waals surface area contributed by atoms with Crippen LogP contribution in [0.25, 0.3) is 0 Å². The minimum atomic E-state index is -4.80. The fourth-order valence-electron chi connectivity index (χ4n) is 3.01. The van der Waals surface area contributed by atoms with Crippen LogP contribution >= 0.6 is 11.3 Å². The number of nitrogens with zero attached hydrogens (tertiary/aromatic N) is 1. The van der Waals surface area contributed by atoms with Crippen LogP contribution < -0.4 is 15.4 Å².